The van der Waals surface area contributed by atoms with E-state index in [0.717, 1.165) is 0 Å². The molecule has 6 heteroatoms. The van der Waals surface area contributed by atoms with Crippen molar-refractivity contribution >= 4 is 11.6 Å². The first-order chi connectivity index (χ1) is 9.41. The molecule has 3 N–H and O–H groups in total. The number of hydrogen-bond donors (Lipinski definition) is 2. The van der Waals surface area contributed by atoms with E-state index in [1.807, 2.05) is 13.8 Å². The number of carbonyl (C=O) groups is 1. The lowest BCUT2D eigenvalue weighted by atomic mass is 10.2. The monoisotopic (exact) mass is 280 g/mol. The van der Waals surface area contributed by atoms with Crippen LogP contribution in [0.2, 0.25) is 0 Å². The Morgan fingerprint density at radius 1 is 1.40 bits per heavy atom. The van der Waals surface area contributed by atoms with Crippen LogP contribution in [0.25, 0.3) is 0 Å². The fourth-order valence-corrected chi connectivity index (χ4v) is 1.91. The largest absolute Gasteiger partial charge is 0.449 e. The van der Waals surface area contributed by atoms with Crippen molar-refractivity contribution in [2.75, 3.05) is 19.0 Å². The smallest absolute Gasteiger partial charge is 0.246 e. The zero-order valence-electron chi connectivity index (χ0n) is 11.9. The predicted octanol–water partition coefficient (Wildman–Crippen LogP) is 1.50. The van der Waals surface area contributed by atoms with Crippen LogP contribution in [-0.2, 0) is 9.53 Å². The summed E-state index contributed by atoms with van der Waals surface area (Å²) in [4.78, 5) is 11.9. The number of fused-ring (bicyclic) bond motifs is 1. The van der Waals surface area contributed by atoms with Crippen molar-refractivity contribution in [1.29, 1.82) is 0 Å². The molecule has 2 rings (SSSR count). The summed E-state index contributed by atoms with van der Waals surface area (Å²) in [6.07, 6.45) is 0.472. The fraction of sp³-hybridized carbons (Fsp3) is 0.500. The highest BCUT2D eigenvalue weighted by Crippen LogP contribution is 2.40. The number of nitrogens with two attached hydrogens (primary N) is 1. The molecular formula is C14H20N2O4. The van der Waals surface area contributed by atoms with Crippen LogP contribution < -0.4 is 20.5 Å². The molecule has 0 bridgehead atoms. The van der Waals surface area contributed by atoms with Crippen LogP contribution in [0.4, 0.5) is 5.69 Å². The molecule has 0 radical (unpaired) electrons. The summed E-state index contributed by atoms with van der Waals surface area (Å²) in [7, 11) is 1.57. The molecule has 0 aliphatic carbocycles. The first kappa shape index (κ1) is 14.6. The molecule has 110 valence electrons. The SMILES string of the molecule is COCCC(N)C(=O)Nc1ccc2c(c1)OC(C)(C)O2. The molecule has 1 aliphatic heterocycles. The first-order valence-electron chi connectivity index (χ1n) is 6.49. The summed E-state index contributed by atoms with van der Waals surface area (Å²) >= 11 is 0. The number of ether oxygens (including phenoxy) is 3. The van der Waals surface area contributed by atoms with E-state index in [9.17, 15) is 4.79 Å². The van der Waals surface area contributed by atoms with E-state index in [2.05, 4.69) is 5.32 Å². The predicted molar refractivity (Wildman–Crippen MR) is 74.9 cm³/mol. The second kappa shape index (κ2) is 5.68. The van der Waals surface area contributed by atoms with Gasteiger partial charge in [-0.15, -0.1) is 0 Å². The Bertz CT molecular complexity index is 502. The Kier molecular flexibility index (Phi) is 4.15. The highest BCUT2D eigenvalue weighted by atomic mass is 16.7. The average Bonchev–Trinajstić information content (AvgIpc) is 2.68. The standard InChI is InChI=1S/C14H20N2O4/c1-14(2)19-11-5-4-9(8-12(11)20-14)16-13(17)10(15)6-7-18-3/h4-5,8,10H,6-7,15H2,1-3H3,(H,16,17). The summed E-state index contributed by atoms with van der Waals surface area (Å²) < 4.78 is 16.1. The molecule has 6 nitrogen and oxygen atoms in total. The maximum atomic E-state index is 11.9. The lowest BCUT2D eigenvalue weighted by Gasteiger charge is -2.16. The third kappa shape index (κ3) is 3.40. The Balaban J connectivity index is 2.00. The van der Waals surface area contributed by atoms with Crippen molar-refractivity contribution in [1.82, 2.24) is 0 Å². The number of benzene rings is 1. The van der Waals surface area contributed by atoms with E-state index in [4.69, 9.17) is 19.9 Å². The molecule has 0 saturated carbocycles. The Hall–Kier alpha value is -1.79. The second-order valence-electron chi connectivity index (χ2n) is 5.14. The second-order valence-corrected chi connectivity index (χ2v) is 5.14. The molecule has 0 spiro atoms. The molecule has 1 amide bonds. The Morgan fingerprint density at radius 3 is 2.80 bits per heavy atom. The maximum absolute atomic E-state index is 11.9. The summed E-state index contributed by atoms with van der Waals surface area (Å²) in [5.41, 5.74) is 6.39. The molecule has 1 aliphatic rings. The van der Waals surface area contributed by atoms with Gasteiger partial charge in [-0.2, -0.15) is 0 Å². The molecule has 1 unspecified atom stereocenters. The minimum absolute atomic E-state index is 0.250. The highest BCUT2D eigenvalue weighted by Gasteiger charge is 2.31. The number of hydrogen-bond acceptors (Lipinski definition) is 5. The van der Waals surface area contributed by atoms with E-state index < -0.39 is 11.8 Å². The Labute approximate surface area is 118 Å². The third-order valence-corrected chi connectivity index (χ3v) is 2.89. The molecule has 20 heavy (non-hydrogen) atoms. The van der Waals surface area contributed by atoms with Gasteiger partial charge in [0.15, 0.2) is 11.5 Å². The number of amides is 1. The van der Waals surface area contributed by atoms with Crippen LogP contribution in [0.1, 0.15) is 20.3 Å². The van der Waals surface area contributed by atoms with E-state index in [0.29, 0.717) is 30.2 Å². The average molecular weight is 280 g/mol. The van der Waals surface area contributed by atoms with Crippen LogP contribution in [0.3, 0.4) is 0 Å². The van der Waals surface area contributed by atoms with Gasteiger partial charge >= 0.3 is 0 Å². The third-order valence-electron chi connectivity index (χ3n) is 2.89. The van der Waals surface area contributed by atoms with Gasteiger partial charge in [-0.1, -0.05) is 0 Å². The van der Waals surface area contributed by atoms with E-state index >= 15 is 0 Å². The number of carbonyl (C=O) groups excluding carboxylic acids is 1. The van der Waals surface area contributed by atoms with Gasteiger partial charge in [-0.3, -0.25) is 4.79 Å². The van der Waals surface area contributed by atoms with Crippen molar-refractivity contribution in [3.8, 4) is 11.5 Å². The van der Waals surface area contributed by atoms with Crippen molar-refractivity contribution in [3.05, 3.63) is 18.2 Å². The fourth-order valence-electron chi connectivity index (χ4n) is 1.91. The van der Waals surface area contributed by atoms with Gasteiger partial charge in [0.2, 0.25) is 11.7 Å². The molecule has 1 heterocycles. The van der Waals surface area contributed by atoms with Gasteiger partial charge in [0.25, 0.3) is 0 Å². The number of anilines is 1. The molecule has 1 aromatic carbocycles. The highest BCUT2D eigenvalue weighted by molar-refractivity contribution is 5.94. The molecule has 0 aromatic heterocycles. The lowest BCUT2D eigenvalue weighted by Crippen LogP contribution is -2.36. The lowest BCUT2D eigenvalue weighted by molar-refractivity contribution is -0.117. The van der Waals surface area contributed by atoms with Gasteiger partial charge in [0, 0.05) is 39.3 Å². The van der Waals surface area contributed by atoms with Crippen LogP contribution in [0, 0.1) is 0 Å². The molecule has 1 aromatic rings. The van der Waals surface area contributed by atoms with Gasteiger partial charge < -0.3 is 25.3 Å². The van der Waals surface area contributed by atoms with E-state index in [-0.39, 0.29) is 5.91 Å². The van der Waals surface area contributed by atoms with Gasteiger partial charge in [0.1, 0.15) is 0 Å². The van der Waals surface area contributed by atoms with Crippen LogP contribution >= 0.6 is 0 Å². The van der Waals surface area contributed by atoms with Crippen molar-refractivity contribution in [3.63, 3.8) is 0 Å². The van der Waals surface area contributed by atoms with Crippen LogP contribution in [0.5, 0.6) is 11.5 Å². The zero-order chi connectivity index (χ0) is 14.8. The van der Waals surface area contributed by atoms with Crippen molar-refractivity contribution in [2.24, 2.45) is 5.73 Å². The van der Waals surface area contributed by atoms with Crippen molar-refractivity contribution < 1.29 is 19.0 Å². The molecule has 0 saturated heterocycles. The number of methoxy groups -OCH3 is 1. The minimum Gasteiger partial charge on any atom is -0.449 e. The molecule has 0 fully saturated rings. The zero-order valence-corrected chi connectivity index (χ0v) is 11.9. The quantitative estimate of drug-likeness (QED) is 0.854. The summed E-state index contributed by atoms with van der Waals surface area (Å²) in [6.45, 7) is 4.10. The van der Waals surface area contributed by atoms with E-state index in [1.54, 1.807) is 25.3 Å². The van der Waals surface area contributed by atoms with Gasteiger partial charge in [0.05, 0.1) is 6.04 Å². The number of nitrogens with one attached hydrogen (secondary N) is 1. The Morgan fingerprint density at radius 2 is 2.10 bits per heavy atom. The normalized spacial score (nSPS) is 16.8. The molecule has 1 atom stereocenters. The van der Waals surface area contributed by atoms with E-state index in [1.165, 1.54) is 0 Å². The topological polar surface area (TPSA) is 82.8 Å². The van der Waals surface area contributed by atoms with Crippen LogP contribution in [-0.4, -0.2) is 31.5 Å². The molecular weight excluding hydrogens is 260 g/mol. The summed E-state index contributed by atoms with van der Waals surface area (Å²) in [6, 6.07) is 4.65. The summed E-state index contributed by atoms with van der Waals surface area (Å²) in [5, 5.41) is 2.75. The number of rotatable bonds is 5. The van der Waals surface area contributed by atoms with Gasteiger partial charge in [-0.25, -0.2) is 0 Å². The summed E-state index contributed by atoms with van der Waals surface area (Å²) in [5.74, 6) is 0.343. The maximum Gasteiger partial charge on any atom is 0.246 e. The van der Waals surface area contributed by atoms with Gasteiger partial charge in [-0.05, 0) is 18.6 Å². The minimum atomic E-state index is -0.681. The van der Waals surface area contributed by atoms with Crippen LogP contribution in [0.15, 0.2) is 18.2 Å². The first-order valence-corrected chi connectivity index (χ1v) is 6.49. The van der Waals surface area contributed by atoms with Crippen molar-refractivity contribution in [2.45, 2.75) is 32.1 Å².